The number of carbonyl (C=O) groups excluding carboxylic acids is 2. The van der Waals surface area contributed by atoms with Crippen LogP contribution in [-0.4, -0.2) is 24.9 Å². The Bertz CT molecular complexity index is 538. The molecule has 0 spiro atoms. The Balaban J connectivity index is 1.40. The van der Waals surface area contributed by atoms with Gasteiger partial charge in [-0.05, 0) is 24.5 Å². The van der Waals surface area contributed by atoms with E-state index < -0.39 is 0 Å². The Hall–Kier alpha value is -1.84. The van der Waals surface area contributed by atoms with Crippen LogP contribution in [0, 0.1) is 11.8 Å². The molecule has 1 aliphatic carbocycles. The van der Waals surface area contributed by atoms with E-state index in [1.54, 1.807) is 0 Å². The summed E-state index contributed by atoms with van der Waals surface area (Å²) in [5.41, 5.74) is 0.951. The molecule has 4 nitrogen and oxygen atoms in total. The van der Waals surface area contributed by atoms with E-state index in [9.17, 15) is 9.59 Å². The molecule has 3 rings (SSSR count). The maximum atomic E-state index is 12.1. The minimum absolute atomic E-state index is 0.141. The van der Waals surface area contributed by atoms with Crippen LogP contribution in [0.15, 0.2) is 30.3 Å². The molecule has 1 saturated carbocycles. The molecule has 2 amide bonds. The Kier molecular flexibility index (Phi) is 5.31. The van der Waals surface area contributed by atoms with Gasteiger partial charge in [-0.25, -0.2) is 0 Å². The van der Waals surface area contributed by atoms with Crippen molar-refractivity contribution in [2.24, 2.45) is 11.8 Å². The van der Waals surface area contributed by atoms with Gasteiger partial charge in [-0.1, -0.05) is 43.9 Å². The molecule has 23 heavy (non-hydrogen) atoms. The van der Waals surface area contributed by atoms with Crippen molar-refractivity contribution in [2.45, 2.75) is 44.9 Å². The van der Waals surface area contributed by atoms with Gasteiger partial charge in [0.1, 0.15) is 0 Å². The minimum Gasteiger partial charge on any atom is -0.356 e. The Labute approximate surface area is 138 Å². The number of benzene rings is 1. The van der Waals surface area contributed by atoms with Crippen molar-refractivity contribution < 1.29 is 9.59 Å². The third-order valence-electron chi connectivity index (χ3n) is 5.12. The highest BCUT2D eigenvalue weighted by Crippen LogP contribution is 2.28. The molecular weight excluding hydrogens is 288 g/mol. The fraction of sp³-hybridized carbons (Fsp3) is 0.579. The van der Waals surface area contributed by atoms with Gasteiger partial charge in [-0.2, -0.15) is 0 Å². The molecule has 1 aromatic rings. The summed E-state index contributed by atoms with van der Waals surface area (Å²) in [7, 11) is 0. The summed E-state index contributed by atoms with van der Waals surface area (Å²) in [6, 6.07) is 9.76. The van der Waals surface area contributed by atoms with Crippen molar-refractivity contribution >= 4 is 17.5 Å². The molecule has 0 radical (unpaired) electrons. The molecule has 0 aromatic heterocycles. The largest absolute Gasteiger partial charge is 0.356 e. The highest BCUT2D eigenvalue weighted by molar-refractivity contribution is 5.95. The number of hydrogen-bond donors (Lipinski definition) is 1. The first-order chi connectivity index (χ1) is 11.2. The fourth-order valence-corrected chi connectivity index (χ4v) is 3.76. The predicted molar refractivity (Wildman–Crippen MR) is 91.1 cm³/mol. The predicted octanol–water partition coefficient (Wildman–Crippen LogP) is 3.13. The zero-order valence-corrected chi connectivity index (χ0v) is 13.7. The van der Waals surface area contributed by atoms with E-state index in [0.29, 0.717) is 25.9 Å². The second-order valence-electron chi connectivity index (χ2n) is 6.90. The van der Waals surface area contributed by atoms with Crippen LogP contribution in [0.4, 0.5) is 5.69 Å². The quantitative estimate of drug-likeness (QED) is 0.877. The Morgan fingerprint density at radius 2 is 1.87 bits per heavy atom. The van der Waals surface area contributed by atoms with E-state index in [-0.39, 0.29) is 17.7 Å². The summed E-state index contributed by atoms with van der Waals surface area (Å²) in [4.78, 5) is 26.0. The highest BCUT2D eigenvalue weighted by Gasteiger charge is 2.30. The topological polar surface area (TPSA) is 49.4 Å². The van der Waals surface area contributed by atoms with Crippen molar-refractivity contribution in [3.05, 3.63) is 30.3 Å². The molecule has 2 fully saturated rings. The van der Waals surface area contributed by atoms with Crippen LogP contribution in [0.5, 0.6) is 0 Å². The van der Waals surface area contributed by atoms with Crippen LogP contribution in [0.25, 0.3) is 0 Å². The van der Waals surface area contributed by atoms with Crippen LogP contribution < -0.4 is 10.2 Å². The molecule has 0 unspecified atom stereocenters. The second-order valence-corrected chi connectivity index (χ2v) is 6.90. The number of carbonyl (C=O) groups is 2. The smallest absolute Gasteiger partial charge is 0.227 e. The third kappa shape index (κ3) is 4.34. The Morgan fingerprint density at radius 1 is 1.13 bits per heavy atom. The maximum absolute atomic E-state index is 12.1. The van der Waals surface area contributed by atoms with Crippen molar-refractivity contribution in [1.82, 2.24) is 5.32 Å². The number of para-hydroxylation sites is 1. The van der Waals surface area contributed by atoms with Crippen molar-refractivity contribution in [2.75, 3.05) is 18.0 Å². The molecule has 1 saturated heterocycles. The fourth-order valence-electron chi connectivity index (χ4n) is 3.76. The first-order valence-corrected chi connectivity index (χ1v) is 8.84. The molecule has 1 heterocycles. The summed E-state index contributed by atoms with van der Waals surface area (Å²) in [6.07, 6.45) is 7.40. The molecular formula is C19H26N2O2. The van der Waals surface area contributed by atoms with E-state index in [1.165, 1.54) is 25.7 Å². The van der Waals surface area contributed by atoms with Crippen LogP contribution in [0.3, 0.4) is 0 Å². The standard InChI is InChI=1S/C19H26N2O2/c22-18(11-10-15-6-4-5-7-15)20-13-16-12-19(23)21(14-16)17-8-2-1-3-9-17/h1-3,8-9,15-16H,4-7,10-14H2,(H,20,22)/t16-/m0/s1. The van der Waals surface area contributed by atoms with Gasteiger partial charge in [0.2, 0.25) is 11.8 Å². The van der Waals surface area contributed by atoms with Gasteiger partial charge >= 0.3 is 0 Å². The Morgan fingerprint density at radius 3 is 2.61 bits per heavy atom. The molecule has 1 aromatic carbocycles. The van der Waals surface area contributed by atoms with Crippen LogP contribution in [-0.2, 0) is 9.59 Å². The number of rotatable bonds is 6. The van der Waals surface area contributed by atoms with E-state index in [1.807, 2.05) is 35.2 Å². The lowest BCUT2D eigenvalue weighted by Gasteiger charge is -2.17. The zero-order chi connectivity index (χ0) is 16.1. The monoisotopic (exact) mass is 314 g/mol. The minimum atomic E-state index is 0.141. The van der Waals surface area contributed by atoms with E-state index in [4.69, 9.17) is 0 Å². The highest BCUT2D eigenvalue weighted by atomic mass is 16.2. The summed E-state index contributed by atoms with van der Waals surface area (Å²) in [5.74, 6) is 1.27. The van der Waals surface area contributed by atoms with Crippen LogP contribution in [0.2, 0.25) is 0 Å². The molecule has 4 heteroatoms. The molecule has 1 aliphatic heterocycles. The zero-order valence-electron chi connectivity index (χ0n) is 13.7. The number of hydrogen-bond acceptors (Lipinski definition) is 2. The third-order valence-corrected chi connectivity index (χ3v) is 5.12. The van der Waals surface area contributed by atoms with Gasteiger partial charge < -0.3 is 10.2 Å². The number of anilines is 1. The first kappa shape index (κ1) is 16.0. The second kappa shape index (κ2) is 7.62. The lowest BCUT2D eigenvalue weighted by Crippen LogP contribution is -2.31. The molecule has 124 valence electrons. The van der Waals surface area contributed by atoms with Crippen molar-refractivity contribution in [3.63, 3.8) is 0 Å². The van der Waals surface area contributed by atoms with Crippen molar-refractivity contribution in [3.8, 4) is 0 Å². The van der Waals surface area contributed by atoms with E-state index >= 15 is 0 Å². The van der Waals surface area contributed by atoms with Crippen molar-refractivity contribution in [1.29, 1.82) is 0 Å². The van der Waals surface area contributed by atoms with Crippen LogP contribution in [0.1, 0.15) is 44.9 Å². The lowest BCUT2D eigenvalue weighted by atomic mass is 10.0. The molecule has 0 bridgehead atoms. The maximum Gasteiger partial charge on any atom is 0.227 e. The average Bonchev–Trinajstić information content (AvgIpc) is 3.21. The summed E-state index contributed by atoms with van der Waals surface area (Å²) < 4.78 is 0. The van der Waals surface area contributed by atoms with E-state index in [0.717, 1.165) is 18.0 Å². The van der Waals surface area contributed by atoms with E-state index in [2.05, 4.69) is 5.32 Å². The lowest BCUT2D eigenvalue weighted by molar-refractivity contribution is -0.122. The molecule has 2 aliphatic rings. The summed E-state index contributed by atoms with van der Waals surface area (Å²) in [5, 5.41) is 3.02. The van der Waals surface area contributed by atoms with Gasteiger partial charge in [0.15, 0.2) is 0 Å². The summed E-state index contributed by atoms with van der Waals surface area (Å²) >= 11 is 0. The molecule has 1 N–H and O–H groups in total. The number of nitrogens with one attached hydrogen (secondary N) is 1. The normalized spacial score (nSPS) is 21.8. The van der Waals surface area contributed by atoms with Gasteiger partial charge in [-0.15, -0.1) is 0 Å². The van der Waals surface area contributed by atoms with Gasteiger partial charge in [0, 0.05) is 37.5 Å². The van der Waals surface area contributed by atoms with Crippen LogP contribution >= 0.6 is 0 Å². The van der Waals surface area contributed by atoms with Gasteiger partial charge in [-0.3, -0.25) is 9.59 Å². The molecule has 1 atom stereocenters. The average molecular weight is 314 g/mol. The number of amides is 2. The van der Waals surface area contributed by atoms with Gasteiger partial charge in [0.05, 0.1) is 0 Å². The SMILES string of the molecule is O=C(CCC1CCCC1)NC[C@@H]1CC(=O)N(c2ccccc2)C1. The summed E-state index contributed by atoms with van der Waals surface area (Å²) in [6.45, 7) is 1.31. The van der Waals surface area contributed by atoms with Gasteiger partial charge in [0.25, 0.3) is 0 Å². The first-order valence-electron chi connectivity index (χ1n) is 8.84. The number of nitrogens with zero attached hydrogens (tertiary/aromatic N) is 1.